The fourth-order valence-electron chi connectivity index (χ4n) is 2.87. The Kier molecular flexibility index (Phi) is 8.82. The number of nitrogens with zero attached hydrogens (tertiary/aromatic N) is 1. The highest BCUT2D eigenvalue weighted by Gasteiger charge is 2.04. The Morgan fingerprint density at radius 2 is 1.76 bits per heavy atom. The van der Waals surface area contributed by atoms with E-state index < -0.39 is 5.91 Å². The van der Waals surface area contributed by atoms with Crippen LogP contribution in [0.4, 0.5) is 0 Å². The molecule has 4 N–H and O–H groups in total. The van der Waals surface area contributed by atoms with Gasteiger partial charge in [-0.3, -0.25) is 9.79 Å². The molecule has 1 amide bonds. The van der Waals surface area contributed by atoms with Crippen molar-refractivity contribution in [1.29, 1.82) is 0 Å². The first-order chi connectivity index (χ1) is 14.0. The van der Waals surface area contributed by atoms with Gasteiger partial charge < -0.3 is 25.8 Å². The molecular weight excluding hydrogens is 368 g/mol. The highest BCUT2D eigenvalue weighted by molar-refractivity contribution is 5.79. The standard InChI is InChI=1S/C22H30N4O3/c1-16-4-9-20(28-3)18(14-16)11-13-26-22(24-2)25-12-10-17-5-7-19(8-6-17)29-15-21(23)27/h4-9,14H,10-13,15H2,1-3H3,(H2,23,27)(H2,24,25,26). The number of methoxy groups -OCH3 is 1. The molecule has 0 aliphatic rings. The van der Waals surface area contributed by atoms with Crippen molar-refractivity contribution in [2.75, 3.05) is 33.9 Å². The second-order valence-corrected chi connectivity index (χ2v) is 6.64. The predicted octanol–water partition coefficient (Wildman–Crippen LogP) is 1.82. The molecule has 0 heterocycles. The van der Waals surface area contributed by atoms with Crippen LogP contribution in [0, 0.1) is 6.92 Å². The SMILES string of the molecule is CN=C(NCCc1ccc(OCC(N)=O)cc1)NCCc1cc(C)ccc1OC. The predicted molar refractivity (Wildman–Crippen MR) is 116 cm³/mol. The number of amides is 1. The van der Waals surface area contributed by atoms with E-state index in [1.54, 1.807) is 14.2 Å². The summed E-state index contributed by atoms with van der Waals surface area (Å²) >= 11 is 0. The molecule has 2 aromatic carbocycles. The molecule has 0 fully saturated rings. The molecule has 0 bridgehead atoms. The Morgan fingerprint density at radius 1 is 1.07 bits per heavy atom. The van der Waals surface area contributed by atoms with Crippen molar-refractivity contribution in [2.45, 2.75) is 19.8 Å². The average Bonchev–Trinajstić information content (AvgIpc) is 2.72. The van der Waals surface area contributed by atoms with Gasteiger partial charge in [0.2, 0.25) is 0 Å². The molecule has 0 saturated carbocycles. The van der Waals surface area contributed by atoms with E-state index in [-0.39, 0.29) is 6.61 Å². The molecule has 0 aliphatic carbocycles. The van der Waals surface area contributed by atoms with Crippen molar-refractivity contribution < 1.29 is 14.3 Å². The van der Waals surface area contributed by atoms with Crippen molar-refractivity contribution in [2.24, 2.45) is 10.7 Å². The molecule has 7 nitrogen and oxygen atoms in total. The molecule has 0 aliphatic heterocycles. The van der Waals surface area contributed by atoms with Gasteiger partial charge in [-0.05, 0) is 49.1 Å². The van der Waals surface area contributed by atoms with E-state index >= 15 is 0 Å². The number of carbonyl (C=O) groups excluding carboxylic acids is 1. The van der Waals surface area contributed by atoms with Crippen molar-refractivity contribution in [3.8, 4) is 11.5 Å². The third-order valence-electron chi connectivity index (χ3n) is 4.36. The van der Waals surface area contributed by atoms with Crippen LogP contribution < -0.4 is 25.8 Å². The zero-order valence-electron chi connectivity index (χ0n) is 17.3. The van der Waals surface area contributed by atoms with E-state index in [0.29, 0.717) is 5.75 Å². The molecule has 0 radical (unpaired) electrons. The second kappa shape index (κ2) is 11.6. The lowest BCUT2D eigenvalue weighted by molar-refractivity contribution is -0.119. The maximum atomic E-state index is 10.7. The number of guanidine groups is 1. The van der Waals surface area contributed by atoms with Crippen LogP contribution in [0.2, 0.25) is 0 Å². The van der Waals surface area contributed by atoms with Crippen molar-refractivity contribution in [1.82, 2.24) is 10.6 Å². The van der Waals surface area contributed by atoms with Crippen molar-refractivity contribution >= 4 is 11.9 Å². The summed E-state index contributed by atoms with van der Waals surface area (Å²) in [4.78, 5) is 15.0. The number of aryl methyl sites for hydroxylation is 1. The van der Waals surface area contributed by atoms with Gasteiger partial charge in [0.05, 0.1) is 7.11 Å². The van der Waals surface area contributed by atoms with Crippen LogP contribution in [-0.2, 0) is 17.6 Å². The highest BCUT2D eigenvalue weighted by Crippen LogP contribution is 2.19. The van der Waals surface area contributed by atoms with E-state index in [2.05, 4.69) is 28.6 Å². The maximum absolute atomic E-state index is 10.7. The third kappa shape index (κ3) is 7.73. The second-order valence-electron chi connectivity index (χ2n) is 6.64. The summed E-state index contributed by atoms with van der Waals surface area (Å²) in [5.74, 6) is 1.81. The number of aliphatic imine (C=N–C) groups is 1. The number of hydrogen-bond acceptors (Lipinski definition) is 4. The summed E-state index contributed by atoms with van der Waals surface area (Å²) in [6.45, 7) is 3.46. The van der Waals surface area contributed by atoms with E-state index in [1.807, 2.05) is 36.4 Å². The summed E-state index contributed by atoms with van der Waals surface area (Å²) in [6, 6.07) is 13.8. The van der Waals surface area contributed by atoms with Crippen LogP contribution in [0.15, 0.2) is 47.5 Å². The van der Waals surface area contributed by atoms with Crippen LogP contribution in [0.5, 0.6) is 11.5 Å². The van der Waals surface area contributed by atoms with E-state index in [9.17, 15) is 4.79 Å². The Hall–Kier alpha value is -3.22. The molecule has 0 aromatic heterocycles. The molecule has 29 heavy (non-hydrogen) atoms. The molecule has 0 atom stereocenters. The van der Waals surface area contributed by atoms with Crippen LogP contribution in [0.3, 0.4) is 0 Å². The molecule has 2 aromatic rings. The minimum Gasteiger partial charge on any atom is -0.496 e. The summed E-state index contributed by atoms with van der Waals surface area (Å²) in [6.07, 6.45) is 1.68. The van der Waals surface area contributed by atoms with E-state index in [1.165, 1.54) is 11.1 Å². The number of nitrogens with two attached hydrogens (primary N) is 1. The summed E-state index contributed by atoms with van der Waals surface area (Å²) in [5.41, 5.74) is 8.62. The first kappa shape index (κ1) is 22.1. The molecule has 0 unspecified atom stereocenters. The average molecular weight is 399 g/mol. The van der Waals surface area contributed by atoms with Crippen molar-refractivity contribution in [3.63, 3.8) is 0 Å². The molecular formula is C22H30N4O3. The number of nitrogens with one attached hydrogen (secondary N) is 2. The number of benzene rings is 2. The van der Waals surface area contributed by atoms with Crippen LogP contribution >= 0.6 is 0 Å². The summed E-state index contributed by atoms with van der Waals surface area (Å²) < 4.78 is 10.7. The van der Waals surface area contributed by atoms with Gasteiger partial charge >= 0.3 is 0 Å². The number of rotatable bonds is 10. The van der Waals surface area contributed by atoms with Crippen LogP contribution in [-0.4, -0.2) is 45.7 Å². The number of hydrogen-bond donors (Lipinski definition) is 3. The molecule has 0 spiro atoms. The molecule has 0 saturated heterocycles. The van der Waals surface area contributed by atoms with Gasteiger partial charge in [-0.15, -0.1) is 0 Å². The Labute approximate surface area is 172 Å². The van der Waals surface area contributed by atoms with Gasteiger partial charge in [-0.1, -0.05) is 29.8 Å². The van der Waals surface area contributed by atoms with Gasteiger partial charge in [0, 0.05) is 20.1 Å². The van der Waals surface area contributed by atoms with Crippen molar-refractivity contribution in [3.05, 3.63) is 59.2 Å². The van der Waals surface area contributed by atoms with Gasteiger partial charge in [0.25, 0.3) is 5.91 Å². The lowest BCUT2D eigenvalue weighted by atomic mass is 10.1. The third-order valence-corrected chi connectivity index (χ3v) is 4.36. The normalized spacial score (nSPS) is 11.1. The fraction of sp³-hybridized carbons (Fsp3) is 0.364. The van der Waals surface area contributed by atoms with E-state index in [0.717, 1.165) is 43.2 Å². The lowest BCUT2D eigenvalue weighted by Crippen LogP contribution is -2.39. The molecule has 2 rings (SSSR count). The minimum absolute atomic E-state index is 0.114. The lowest BCUT2D eigenvalue weighted by Gasteiger charge is -2.14. The Morgan fingerprint density at radius 3 is 2.38 bits per heavy atom. The zero-order chi connectivity index (χ0) is 21.1. The minimum atomic E-state index is -0.488. The first-order valence-corrected chi connectivity index (χ1v) is 9.60. The smallest absolute Gasteiger partial charge is 0.255 e. The van der Waals surface area contributed by atoms with E-state index in [4.69, 9.17) is 15.2 Å². The van der Waals surface area contributed by atoms with Crippen LogP contribution in [0.25, 0.3) is 0 Å². The Bertz CT molecular complexity index is 819. The zero-order valence-corrected chi connectivity index (χ0v) is 17.3. The summed E-state index contributed by atoms with van der Waals surface area (Å²) in [7, 11) is 3.45. The topological polar surface area (TPSA) is 98.0 Å². The largest absolute Gasteiger partial charge is 0.496 e. The fourth-order valence-corrected chi connectivity index (χ4v) is 2.87. The number of primary amides is 1. The molecule has 156 valence electrons. The highest BCUT2D eigenvalue weighted by atomic mass is 16.5. The van der Waals surface area contributed by atoms with Gasteiger partial charge in [0.1, 0.15) is 11.5 Å². The van der Waals surface area contributed by atoms with Gasteiger partial charge in [0.15, 0.2) is 12.6 Å². The monoisotopic (exact) mass is 398 g/mol. The number of carbonyl (C=O) groups is 1. The summed E-state index contributed by atoms with van der Waals surface area (Å²) in [5, 5.41) is 6.65. The van der Waals surface area contributed by atoms with Gasteiger partial charge in [-0.25, -0.2) is 0 Å². The maximum Gasteiger partial charge on any atom is 0.255 e. The van der Waals surface area contributed by atoms with Crippen LogP contribution in [0.1, 0.15) is 16.7 Å². The molecule has 7 heteroatoms. The number of ether oxygens (including phenoxy) is 2. The Balaban J connectivity index is 1.74. The first-order valence-electron chi connectivity index (χ1n) is 9.60. The van der Waals surface area contributed by atoms with Gasteiger partial charge in [-0.2, -0.15) is 0 Å². The quantitative estimate of drug-likeness (QED) is 0.419.